The summed E-state index contributed by atoms with van der Waals surface area (Å²) in [4.78, 5) is 35.4. The molecule has 0 radical (unpaired) electrons. The molecule has 0 aliphatic heterocycles. The van der Waals surface area contributed by atoms with Crippen LogP contribution in [0.2, 0.25) is 0 Å². The largest absolute Gasteiger partial charge is 0.472 e. The van der Waals surface area contributed by atoms with E-state index in [4.69, 9.17) is 18.5 Å². The van der Waals surface area contributed by atoms with Crippen molar-refractivity contribution in [1.29, 1.82) is 0 Å². The van der Waals surface area contributed by atoms with Gasteiger partial charge < -0.3 is 24.0 Å². The molecule has 10 nitrogen and oxygen atoms in total. The number of esters is 2. The van der Waals surface area contributed by atoms with Gasteiger partial charge in [-0.25, -0.2) is 4.57 Å². The van der Waals surface area contributed by atoms with E-state index in [1.807, 2.05) is 39.4 Å². The first-order valence-corrected chi connectivity index (χ1v) is 25.2. The molecule has 0 spiro atoms. The Labute approximate surface area is 372 Å². The highest BCUT2D eigenvalue weighted by molar-refractivity contribution is 7.47. The Morgan fingerprint density at radius 1 is 0.574 bits per heavy atom. The monoisotopic (exact) mass is 879 g/mol. The molecule has 1 unspecified atom stereocenters. The number of phosphoric acid groups is 1. The Kier molecular flexibility index (Phi) is 39.7. The summed E-state index contributed by atoms with van der Waals surface area (Å²) < 4.78 is 34.3. The number of aliphatic hydroxyl groups is 1. The number of unbranched alkanes of at least 4 members (excludes halogenated alkanes) is 14. The van der Waals surface area contributed by atoms with Gasteiger partial charge in [-0.05, 0) is 77.0 Å². The number of hydrogen-bond donors (Lipinski definition) is 2. The van der Waals surface area contributed by atoms with Crippen LogP contribution in [0.25, 0.3) is 0 Å². The maximum absolute atomic E-state index is 12.7. The van der Waals surface area contributed by atoms with Gasteiger partial charge in [0.1, 0.15) is 19.8 Å². The molecule has 0 aliphatic carbocycles. The van der Waals surface area contributed by atoms with Crippen LogP contribution in [0.15, 0.2) is 72.9 Å². The summed E-state index contributed by atoms with van der Waals surface area (Å²) in [6.07, 6.45) is 48.6. The van der Waals surface area contributed by atoms with E-state index in [1.165, 1.54) is 57.8 Å². The van der Waals surface area contributed by atoms with E-state index in [9.17, 15) is 24.2 Å². The summed E-state index contributed by atoms with van der Waals surface area (Å²) in [5, 5.41) is 9.83. The van der Waals surface area contributed by atoms with Crippen LogP contribution in [-0.2, 0) is 32.7 Å². The summed E-state index contributed by atoms with van der Waals surface area (Å²) in [5.41, 5.74) is 0. The number of hydrogen-bond acceptors (Lipinski definition) is 8. The van der Waals surface area contributed by atoms with Crippen molar-refractivity contribution in [3.8, 4) is 0 Å². The molecule has 11 heteroatoms. The predicted octanol–water partition coefficient (Wildman–Crippen LogP) is 12.8. The van der Waals surface area contributed by atoms with Gasteiger partial charge >= 0.3 is 19.8 Å². The highest BCUT2D eigenvalue weighted by Crippen LogP contribution is 2.43. The number of phosphoric ester groups is 1. The van der Waals surface area contributed by atoms with Crippen LogP contribution < -0.4 is 0 Å². The van der Waals surface area contributed by atoms with Crippen LogP contribution in [0, 0.1) is 0 Å². The average molecular weight is 879 g/mol. The Hall–Kier alpha value is -2.59. The molecule has 0 saturated heterocycles. The van der Waals surface area contributed by atoms with Crippen molar-refractivity contribution in [2.75, 3.05) is 47.5 Å². The van der Waals surface area contributed by atoms with Gasteiger partial charge in [0.15, 0.2) is 6.10 Å². The summed E-state index contributed by atoms with van der Waals surface area (Å²) in [7, 11) is 1.40. The molecule has 3 atom stereocenters. The van der Waals surface area contributed by atoms with Gasteiger partial charge in [-0.2, -0.15) is 0 Å². The number of aliphatic hydroxyl groups excluding tert-OH is 1. The lowest BCUT2D eigenvalue weighted by molar-refractivity contribution is -0.870. The van der Waals surface area contributed by atoms with Crippen LogP contribution in [-0.4, -0.2) is 86.1 Å². The first-order chi connectivity index (χ1) is 29.4. The normalized spacial score (nSPS) is 14.7. The lowest BCUT2D eigenvalue weighted by Crippen LogP contribution is -2.37. The third-order valence-electron chi connectivity index (χ3n) is 9.78. The van der Waals surface area contributed by atoms with Gasteiger partial charge in [0.05, 0.1) is 33.9 Å². The Morgan fingerprint density at radius 2 is 1.05 bits per heavy atom. The first kappa shape index (κ1) is 58.4. The number of nitrogens with zero attached hydrogens (tertiary/aromatic N) is 1. The van der Waals surface area contributed by atoms with Crippen molar-refractivity contribution in [3.05, 3.63) is 72.9 Å². The summed E-state index contributed by atoms with van der Waals surface area (Å²) in [6, 6.07) is 0. The molecule has 0 saturated carbocycles. The highest BCUT2D eigenvalue weighted by atomic mass is 31.2. The van der Waals surface area contributed by atoms with E-state index >= 15 is 0 Å². The maximum atomic E-state index is 12.7. The molecule has 0 aliphatic rings. The Bertz CT molecular complexity index is 1280. The molecule has 0 rings (SSSR count). The molecule has 0 aromatic rings. The van der Waals surface area contributed by atoms with Crippen LogP contribution in [0.1, 0.15) is 174 Å². The molecule has 61 heavy (non-hydrogen) atoms. The van der Waals surface area contributed by atoms with E-state index in [2.05, 4.69) is 68.5 Å². The third kappa shape index (κ3) is 45.3. The smallest absolute Gasteiger partial charge is 0.462 e. The highest BCUT2D eigenvalue weighted by Gasteiger charge is 2.27. The van der Waals surface area contributed by atoms with E-state index in [0.717, 1.165) is 77.0 Å². The molecular formula is C50H89NO9P+. The van der Waals surface area contributed by atoms with Gasteiger partial charge in [0, 0.05) is 12.8 Å². The number of rotatable bonds is 42. The van der Waals surface area contributed by atoms with Crippen LogP contribution in [0.3, 0.4) is 0 Å². The fourth-order valence-electron chi connectivity index (χ4n) is 6.00. The number of likely N-dealkylation sites (N-methyl/N-ethyl adjacent to an activating group) is 1. The summed E-state index contributed by atoms with van der Waals surface area (Å²) in [6.45, 7) is 4.15. The van der Waals surface area contributed by atoms with Crippen molar-refractivity contribution >= 4 is 19.8 Å². The zero-order chi connectivity index (χ0) is 45.1. The van der Waals surface area contributed by atoms with Crippen LogP contribution in [0.5, 0.6) is 0 Å². The maximum Gasteiger partial charge on any atom is 0.472 e. The van der Waals surface area contributed by atoms with Gasteiger partial charge in [0.2, 0.25) is 0 Å². The molecule has 0 bridgehead atoms. The van der Waals surface area contributed by atoms with E-state index < -0.39 is 32.5 Å². The second-order valence-corrected chi connectivity index (χ2v) is 18.4. The Morgan fingerprint density at radius 3 is 1.61 bits per heavy atom. The molecule has 0 heterocycles. The standard InChI is InChI=1S/C50H88NO9P/c1-6-8-10-11-12-13-14-15-16-17-18-19-20-21-25-28-31-34-37-41-49(53)57-45-48(46-59-61(55,56)58-44-43-51(3,4)5)60-50(54)42-38-35-32-29-26-23-22-24-27-30-33-36-40-47(52)39-9-7-2/h12-13,15-16,22-23,27,29-30,32,36,40,47-48,52H,6-11,14,17-21,24-26,28,31,33-35,37-39,41-46H2,1-5H3/p+1/b13-12-,16-15-,23-22-,30-27-,32-29-,40-36-/t47-,48-/m1/s1. The predicted molar refractivity (Wildman–Crippen MR) is 253 cm³/mol. The quantitative estimate of drug-likeness (QED) is 0.0202. The van der Waals surface area contributed by atoms with Crippen molar-refractivity contribution < 1.29 is 47.2 Å². The van der Waals surface area contributed by atoms with E-state index in [1.54, 1.807) is 0 Å². The lowest BCUT2D eigenvalue weighted by atomic mass is 10.1. The molecule has 0 amide bonds. The zero-order valence-electron chi connectivity index (χ0n) is 39.2. The molecule has 0 fully saturated rings. The lowest BCUT2D eigenvalue weighted by Gasteiger charge is -2.24. The van der Waals surface area contributed by atoms with E-state index in [0.29, 0.717) is 23.9 Å². The molecule has 2 N–H and O–H groups in total. The van der Waals surface area contributed by atoms with Gasteiger partial charge in [-0.15, -0.1) is 0 Å². The van der Waals surface area contributed by atoms with Gasteiger partial charge in [0.25, 0.3) is 0 Å². The van der Waals surface area contributed by atoms with Crippen LogP contribution in [0.4, 0.5) is 0 Å². The second kappa shape index (κ2) is 41.4. The van der Waals surface area contributed by atoms with E-state index in [-0.39, 0.29) is 32.2 Å². The fourth-order valence-corrected chi connectivity index (χ4v) is 6.74. The fraction of sp³-hybridized carbons (Fsp3) is 0.720. The van der Waals surface area contributed by atoms with Crippen molar-refractivity contribution in [3.63, 3.8) is 0 Å². The number of carbonyl (C=O) groups excluding carboxylic acids is 2. The number of carbonyl (C=O) groups is 2. The van der Waals surface area contributed by atoms with Crippen molar-refractivity contribution in [2.45, 2.75) is 187 Å². The number of quaternary nitrogens is 1. The average Bonchev–Trinajstić information content (AvgIpc) is 3.21. The minimum Gasteiger partial charge on any atom is -0.462 e. The van der Waals surface area contributed by atoms with Crippen molar-refractivity contribution in [1.82, 2.24) is 0 Å². The SMILES string of the molecule is CCCCC/C=C\C/C=C\CCCCCCCCCCCC(=O)OC[C@H](COP(=O)(O)OCC[N+](C)(C)C)OC(=O)CCC/C=C\C/C=C\C/C=C\C/C=C\[C@H](O)CCCC. The second-order valence-electron chi connectivity index (χ2n) is 17.0. The molecular weight excluding hydrogens is 790 g/mol. The minimum atomic E-state index is -4.41. The topological polar surface area (TPSA) is 129 Å². The minimum absolute atomic E-state index is 0.0101. The van der Waals surface area contributed by atoms with Crippen molar-refractivity contribution in [2.24, 2.45) is 0 Å². The van der Waals surface area contributed by atoms with Gasteiger partial charge in [-0.3, -0.25) is 18.6 Å². The zero-order valence-corrected chi connectivity index (χ0v) is 40.1. The number of ether oxygens (including phenoxy) is 2. The summed E-state index contributed by atoms with van der Waals surface area (Å²) >= 11 is 0. The molecule has 0 aromatic heterocycles. The summed E-state index contributed by atoms with van der Waals surface area (Å²) in [5.74, 6) is -0.896. The number of allylic oxidation sites excluding steroid dienone is 11. The van der Waals surface area contributed by atoms with Crippen LogP contribution >= 0.6 is 7.82 Å². The Balaban J connectivity index is 4.43. The first-order valence-electron chi connectivity index (χ1n) is 23.8. The third-order valence-corrected chi connectivity index (χ3v) is 10.8. The molecule has 352 valence electrons. The molecule has 0 aromatic carbocycles. The van der Waals surface area contributed by atoms with Gasteiger partial charge in [-0.1, -0.05) is 157 Å².